The molecule has 0 aliphatic rings. The van der Waals surface area contributed by atoms with E-state index in [2.05, 4.69) is 20.9 Å². The number of nitrogen functional groups attached to an aromatic ring is 1. The van der Waals surface area contributed by atoms with Crippen molar-refractivity contribution in [1.82, 2.24) is 9.55 Å². The van der Waals surface area contributed by atoms with Crippen molar-refractivity contribution in [3.05, 3.63) is 45.4 Å². The highest BCUT2D eigenvalue weighted by atomic mass is 79.9. The zero-order chi connectivity index (χ0) is 14.9. The second kappa shape index (κ2) is 5.28. The number of nitrogens with two attached hydrogens (primary N) is 1. The van der Waals surface area contributed by atoms with Crippen LogP contribution in [-0.2, 0) is 5.54 Å². The second-order valence-electron chi connectivity index (χ2n) is 5.37. The molecule has 5 nitrogen and oxygen atoms in total. The van der Waals surface area contributed by atoms with E-state index in [9.17, 15) is 4.79 Å². The Morgan fingerprint density at radius 1 is 1.35 bits per heavy atom. The van der Waals surface area contributed by atoms with Crippen molar-refractivity contribution in [2.75, 3.05) is 5.73 Å². The molecule has 20 heavy (non-hydrogen) atoms. The van der Waals surface area contributed by atoms with E-state index in [4.69, 9.17) is 10.5 Å². The quantitative estimate of drug-likeness (QED) is 0.854. The van der Waals surface area contributed by atoms with Gasteiger partial charge in [-0.1, -0.05) is 0 Å². The summed E-state index contributed by atoms with van der Waals surface area (Å²) in [6.45, 7) is 5.82. The molecule has 0 amide bonds. The highest BCUT2D eigenvalue weighted by Crippen LogP contribution is 2.29. The Kier molecular flexibility index (Phi) is 3.85. The second-order valence-corrected chi connectivity index (χ2v) is 6.22. The Labute approximate surface area is 125 Å². The number of hydrogen-bond acceptors (Lipinski definition) is 4. The van der Waals surface area contributed by atoms with Crippen molar-refractivity contribution in [2.24, 2.45) is 0 Å². The molecule has 1 aromatic carbocycles. The highest BCUT2D eigenvalue weighted by molar-refractivity contribution is 9.10. The Morgan fingerprint density at radius 2 is 2.05 bits per heavy atom. The van der Waals surface area contributed by atoms with E-state index in [-0.39, 0.29) is 17.0 Å². The molecule has 2 rings (SSSR count). The Hall–Kier alpha value is -1.82. The minimum absolute atomic E-state index is 0.0220. The maximum absolute atomic E-state index is 12.3. The van der Waals surface area contributed by atoms with Gasteiger partial charge in [0.2, 0.25) is 0 Å². The van der Waals surface area contributed by atoms with Gasteiger partial charge >= 0.3 is 5.56 Å². The minimum atomic E-state index is -0.342. The van der Waals surface area contributed by atoms with Crippen LogP contribution in [0.5, 0.6) is 11.6 Å². The van der Waals surface area contributed by atoms with Crippen molar-refractivity contribution in [1.29, 1.82) is 0 Å². The van der Waals surface area contributed by atoms with Gasteiger partial charge in [-0.15, -0.1) is 0 Å². The average Bonchev–Trinajstić information content (AvgIpc) is 2.35. The maximum Gasteiger partial charge on any atom is 0.314 e. The van der Waals surface area contributed by atoms with Gasteiger partial charge in [0.15, 0.2) is 0 Å². The van der Waals surface area contributed by atoms with Gasteiger partial charge in [0.25, 0.3) is 5.88 Å². The lowest BCUT2D eigenvalue weighted by molar-refractivity contribution is 0.362. The van der Waals surface area contributed by atoms with Crippen molar-refractivity contribution in [2.45, 2.75) is 26.3 Å². The predicted molar refractivity (Wildman–Crippen MR) is 82.1 cm³/mol. The summed E-state index contributed by atoms with van der Waals surface area (Å²) in [5, 5.41) is 0. The van der Waals surface area contributed by atoms with Crippen molar-refractivity contribution in [3.63, 3.8) is 0 Å². The summed E-state index contributed by atoms with van der Waals surface area (Å²) in [5.74, 6) is 0.481. The Bertz CT molecular complexity index is 690. The van der Waals surface area contributed by atoms with E-state index in [1.807, 2.05) is 20.8 Å². The molecule has 0 spiro atoms. The number of anilines is 1. The van der Waals surface area contributed by atoms with Gasteiger partial charge in [0.05, 0.1) is 4.47 Å². The van der Waals surface area contributed by atoms with Crippen LogP contribution in [0.1, 0.15) is 20.8 Å². The topological polar surface area (TPSA) is 70.1 Å². The number of hydrogen-bond donors (Lipinski definition) is 1. The number of benzene rings is 1. The maximum atomic E-state index is 12.3. The van der Waals surface area contributed by atoms with E-state index in [0.717, 1.165) is 0 Å². The molecule has 0 aliphatic carbocycles. The van der Waals surface area contributed by atoms with Crippen LogP contribution in [0, 0.1) is 0 Å². The molecule has 0 bridgehead atoms. The molecule has 0 radical (unpaired) electrons. The molecule has 2 aromatic rings. The number of aromatic nitrogens is 2. The zero-order valence-electron chi connectivity index (χ0n) is 11.6. The summed E-state index contributed by atoms with van der Waals surface area (Å²) < 4.78 is 7.87. The third-order valence-electron chi connectivity index (χ3n) is 2.69. The van der Waals surface area contributed by atoms with Gasteiger partial charge in [-0.2, -0.15) is 0 Å². The third kappa shape index (κ3) is 3.01. The van der Waals surface area contributed by atoms with Crippen LogP contribution >= 0.6 is 15.9 Å². The molecule has 2 N–H and O–H groups in total. The molecular weight excluding hydrogens is 322 g/mol. The lowest BCUT2D eigenvalue weighted by atomic mass is 10.1. The summed E-state index contributed by atoms with van der Waals surface area (Å²) in [6.07, 6.45) is 3.19. The van der Waals surface area contributed by atoms with Crippen LogP contribution in [-0.4, -0.2) is 9.55 Å². The first-order chi connectivity index (χ1) is 9.29. The molecule has 0 unspecified atom stereocenters. The van der Waals surface area contributed by atoms with Crippen molar-refractivity contribution < 1.29 is 4.74 Å². The first-order valence-electron chi connectivity index (χ1n) is 6.10. The fourth-order valence-electron chi connectivity index (χ4n) is 1.69. The summed E-state index contributed by atoms with van der Waals surface area (Å²) in [7, 11) is 0. The lowest BCUT2D eigenvalue weighted by Crippen LogP contribution is -2.34. The van der Waals surface area contributed by atoms with E-state index in [1.54, 1.807) is 35.2 Å². The van der Waals surface area contributed by atoms with Gasteiger partial charge in [-0.25, -0.2) is 4.98 Å². The van der Waals surface area contributed by atoms with Gasteiger partial charge in [0.1, 0.15) is 5.75 Å². The van der Waals surface area contributed by atoms with Crippen LogP contribution in [0.25, 0.3) is 0 Å². The van der Waals surface area contributed by atoms with E-state index >= 15 is 0 Å². The third-order valence-corrected chi connectivity index (χ3v) is 3.35. The Balaban J connectivity index is 2.45. The molecule has 0 atom stereocenters. The molecule has 1 aromatic heterocycles. The Morgan fingerprint density at radius 3 is 2.70 bits per heavy atom. The first kappa shape index (κ1) is 14.6. The van der Waals surface area contributed by atoms with Crippen LogP contribution in [0.4, 0.5) is 5.69 Å². The van der Waals surface area contributed by atoms with Crippen LogP contribution in [0.2, 0.25) is 0 Å². The SMILES string of the molecule is CC(C)(C)n1ccnc(Oc2cc(N)ccc2Br)c1=O. The molecule has 1 heterocycles. The fourth-order valence-corrected chi connectivity index (χ4v) is 2.02. The van der Waals surface area contributed by atoms with E-state index in [1.165, 1.54) is 0 Å². The van der Waals surface area contributed by atoms with Gasteiger partial charge in [-0.3, -0.25) is 4.79 Å². The zero-order valence-corrected chi connectivity index (χ0v) is 13.1. The number of nitrogens with zero attached hydrogens (tertiary/aromatic N) is 2. The standard InChI is InChI=1S/C14H16BrN3O2/c1-14(2,3)18-7-6-17-12(13(18)19)20-11-8-9(16)4-5-10(11)15/h4-8H,16H2,1-3H3. The lowest BCUT2D eigenvalue weighted by Gasteiger charge is -2.22. The van der Waals surface area contributed by atoms with Crippen molar-refractivity contribution >= 4 is 21.6 Å². The largest absolute Gasteiger partial charge is 0.433 e. The number of ether oxygens (including phenoxy) is 1. The molecule has 0 saturated heterocycles. The molecule has 6 heteroatoms. The molecular formula is C14H16BrN3O2. The molecule has 0 saturated carbocycles. The van der Waals surface area contributed by atoms with Gasteiger partial charge < -0.3 is 15.0 Å². The number of halogens is 1. The normalized spacial score (nSPS) is 11.4. The molecule has 106 valence electrons. The van der Waals surface area contributed by atoms with Gasteiger partial charge in [-0.05, 0) is 48.8 Å². The first-order valence-corrected chi connectivity index (χ1v) is 6.89. The summed E-state index contributed by atoms with van der Waals surface area (Å²) in [5.41, 5.74) is 5.64. The smallest absolute Gasteiger partial charge is 0.314 e. The van der Waals surface area contributed by atoms with Crippen molar-refractivity contribution in [3.8, 4) is 11.6 Å². The summed E-state index contributed by atoms with van der Waals surface area (Å²) in [6, 6.07) is 5.14. The summed E-state index contributed by atoms with van der Waals surface area (Å²) in [4.78, 5) is 16.3. The van der Waals surface area contributed by atoms with Gasteiger partial charge in [0, 0.05) is 29.7 Å². The molecule has 0 aliphatic heterocycles. The fraction of sp³-hybridized carbons (Fsp3) is 0.286. The van der Waals surface area contributed by atoms with E-state index in [0.29, 0.717) is 15.9 Å². The van der Waals surface area contributed by atoms with Crippen LogP contribution < -0.4 is 16.0 Å². The van der Waals surface area contributed by atoms with Crippen LogP contribution in [0.3, 0.4) is 0 Å². The minimum Gasteiger partial charge on any atom is -0.433 e. The molecule has 0 fully saturated rings. The number of rotatable bonds is 2. The average molecular weight is 338 g/mol. The monoisotopic (exact) mass is 337 g/mol. The highest BCUT2D eigenvalue weighted by Gasteiger charge is 2.18. The summed E-state index contributed by atoms with van der Waals surface area (Å²) >= 11 is 3.35. The van der Waals surface area contributed by atoms with E-state index < -0.39 is 0 Å². The van der Waals surface area contributed by atoms with Crippen LogP contribution in [0.15, 0.2) is 39.9 Å². The predicted octanol–water partition coefficient (Wildman–Crippen LogP) is 3.14.